The van der Waals surface area contributed by atoms with Crippen molar-refractivity contribution in [3.8, 4) is 0 Å². The SMILES string of the molecule is CN=C(NCc1ccc(CN2CCCC2)cc1)NCc1cccc(N(C)C)c1. The highest BCUT2D eigenvalue weighted by molar-refractivity contribution is 5.79. The molecule has 0 unspecified atom stereocenters. The topological polar surface area (TPSA) is 42.9 Å². The van der Waals surface area contributed by atoms with Gasteiger partial charge in [-0.25, -0.2) is 0 Å². The van der Waals surface area contributed by atoms with Gasteiger partial charge in [0.25, 0.3) is 0 Å². The van der Waals surface area contributed by atoms with Gasteiger partial charge in [-0.05, 0) is 54.8 Å². The minimum Gasteiger partial charge on any atom is -0.378 e. The van der Waals surface area contributed by atoms with Crippen molar-refractivity contribution in [3.63, 3.8) is 0 Å². The average Bonchev–Trinajstić information content (AvgIpc) is 3.22. The van der Waals surface area contributed by atoms with Gasteiger partial charge in [-0.3, -0.25) is 9.89 Å². The lowest BCUT2D eigenvalue weighted by atomic mass is 10.1. The molecule has 0 spiro atoms. The number of likely N-dealkylation sites (tertiary alicyclic amines) is 1. The van der Waals surface area contributed by atoms with Crippen molar-refractivity contribution in [1.82, 2.24) is 15.5 Å². The number of anilines is 1. The summed E-state index contributed by atoms with van der Waals surface area (Å²) in [6.45, 7) is 5.06. The zero-order chi connectivity index (χ0) is 19.8. The van der Waals surface area contributed by atoms with E-state index in [0.29, 0.717) is 0 Å². The van der Waals surface area contributed by atoms with Crippen molar-refractivity contribution in [2.75, 3.05) is 39.1 Å². The smallest absolute Gasteiger partial charge is 0.191 e. The third-order valence-electron chi connectivity index (χ3n) is 5.20. The first-order chi connectivity index (χ1) is 13.6. The van der Waals surface area contributed by atoms with Crippen molar-refractivity contribution in [2.45, 2.75) is 32.5 Å². The van der Waals surface area contributed by atoms with Crippen LogP contribution in [0.25, 0.3) is 0 Å². The summed E-state index contributed by atoms with van der Waals surface area (Å²) >= 11 is 0. The normalized spacial score (nSPS) is 14.9. The van der Waals surface area contributed by atoms with Gasteiger partial charge >= 0.3 is 0 Å². The molecule has 5 heteroatoms. The molecule has 2 N–H and O–H groups in total. The quantitative estimate of drug-likeness (QED) is 0.573. The van der Waals surface area contributed by atoms with E-state index in [1.165, 1.54) is 48.3 Å². The summed E-state index contributed by atoms with van der Waals surface area (Å²) in [4.78, 5) is 8.99. The Bertz CT molecular complexity index is 761. The maximum atomic E-state index is 4.34. The Morgan fingerprint density at radius 3 is 2.21 bits per heavy atom. The second-order valence-electron chi connectivity index (χ2n) is 7.64. The molecule has 0 amide bonds. The highest BCUT2D eigenvalue weighted by atomic mass is 15.2. The standard InChI is InChI=1S/C23H33N5/c1-24-23(26-17-21-7-6-8-22(15-21)27(2)3)25-16-19-9-11-20(12-10-19)18-28-13-4-5-14-28/h6-12,15H,4-5,13-14,16-18H2,1-3H3,(H2,24,25,26). The first-order valence-corrected chi connectivity index (χ1v) is 10.1. The minimum absolute atomic E-state index is 0.746. The van der Waals surface area contributed by atoms with Crippen LogP contribution in [0.3, 0.4) is 0 Å². The maximum Gasteiger partial charge on any atom is 0.191 e. The summed E-state index contributed by atoms with van der Waals surface area (Å²) in [6, 6.07) is 17.5. The summed E-state index contributed by atoms with van der Waals surface area (Å²) in [5.41, 5.74) is 5.10. The number of nitrogens with zero attached hydrogens (tertiary/aromatic N) is 3. The molecule has 0 atom stereocenters. The highest BCUT2D eigenvalue weighted by Gasteiger charge is 2.11. The van der Waals surface area contributed by atoms with Gasteiger partial charge in [0.15, 0.2) is 5.96 Å². The molecule has 28 heavy (non-hydrogen) atoms. The molecule has 2 aromatic rings. The predicted octanol–water partition coefficient (Wildman–Crippen LogP) is 3.21. The van der Waals surface area contributed by atoms with Gasteiger partial charge in [-0.15, -0.1) is 0 Å². The lowest BCUT2D eigenvalue weighted by Crippen LogP contribution is -2.36. The number of aliphatic imine (C=N–C) groups is 1. The molecule has 2 aromatic carbocycles. The van der Waals surface area contributed by atoms with E-state index in [-0.39, 0.29) is 0 Å². The molecular formula is C23H33N5. The molecule has 0 aromatic heterocycles. The van der Waals surface area contributed by atoms with Gasteiger partial charge in [0.1, 0.15) is 0 Å². The van der Waals surface area contributed by atoms with E-state index in [0.717, 1.165) is 25.6 Å². The number of benzene rings is 2. The fourth-order valence-electron chi connectivity index (χ4n) is 3.50. The van der Waals surface area contributed by atoms with Gasteiger partial charge in [0.05, 0.1) is 0 Å². The van der Waals surface area contributed by atoms with E-state index in [4.69, 9.17) is 0 Å². The second kappa shape index (κ2) is 10.1. The van der Waals surface area contributed by atoms with Crippen LogP contribution in [0, 0.1) is 0 Å². The molecule has 3 rings (SSSR count). The molecule has 150 valence electrons. The Hall–Kier alpha value is -2.53. The summed E-state index contributed by atoms with van der Waals surface area (Å²) in [5.74, 6) is 0.816. The molecule has 1 heterocycles. The van der Waals surface area contributed by atoms with Gasteiger partial charge < -0.3 is 15.5 Å². The summed E-state index contributed by atoms with van der Waals surface area (Å²) in [6.07, 6.45) is 2.68. The molecule has 1 fully saturated rings. The van der Waals surface area contributed by atoms with Crippen molar-refractivity contribution in [3.05, 3.63) is 65.2 Å². The minimum atomic E-state index is 0.746. The Balaban J connectivity index is 1.46. The van der Waals surface area contributed by atoms with E-state index < -0.39 is 0 Å². The van der Waals surface area contributed by atoms with Crippen LogP contribution in [0.15, 0.2) is 53.5 Å². The van der Waals surface area contributed by atoms with E-state index in [9.17, 15) is 0 Å². The number of hydrogen-bond donors (Lipinski definition) is 2. The van der Waals surface area contributed by atoms with Crippen molar-refractivity contribution in [2.24, 2.45) is 4.99 Å². The zero-order valence-electron chi connectivity index (χ0n) is 17.4. The maximum absolute atomic E-state index is 4.34. The van der Waals surface area contributed by atoms with Gasteiger partial charge in [-0.2, -0.15) is 0 Å². The number of rotatable bonds is 7. The molecule has 5 nitrogen and oxygen atoms in total. The number of hydrogen-bond acceptors (Lipinski definition) is 3. The monoisotopic (exact) mass is 379 g/mol. The second-order valence-corrected chi connectivity index (χ2v) is 7.64. The van der Waals surface area contributed by atoms with Gasteiger partial charge in [0.2, 0.25) is 0 Å². The first kappa shape index (κ1) is 20.2. The van der Waals surface area contributed by atoms with Crippen molar-refractivity contribution < 1.29 is 0 Å². The molecule has 0 saturated carbocycles. The van der Waals surface area contributed by atoms with Crippen molar-refractivity contribution in [1.29, 1.82) is 0 Å². The Labute approximate surface area is 169 Å². The molecule has 0 bridgehead atoms. The van der Waals surface area contributed by atoms with Crippen LogP contribution >= 0.6 is 0 Å². The lowest BCUT2D eigenvalue weighted by molar-refractivity contribution is 0.331. The molecule has 1 aliphatic heterocycles. The molecular weight excluding hydrogens is 346 g/mol. The first-order valence-electron chi connectivity index (χ1n) is 10.1. The fourth-order valence-corrected chi connectivity index (χ4v) is 3.50. The Morgan fingerprint density at radius 2 is 1.57 bits per heavy atom. The van der Waals surface area contributed by atoms with Crippen LogP contribution in [-0.2, 0) is 19.6 Å². The van der Waals surface area contributed by atoms with Crippen LogP contribution in [0.1, 0.15) is 29.5 Å². The largest absolute Gasteiger partial charge is 0.378 e. The molecule has 1 saturated heterocycles. The van der Waals surface area contributed by atoms with Crippen LogP contribution in [0.4, 0.5) is 5.69 Å². The zero-order valence-corrected chi connectivity index (χ0v) is 17.4. The van der Waals surface area contributed by atoms with E-state index in [1.807, 2.05) is 7.05 Å². The molecule has 1 aliphatic rings. The summed E-state index contributed by atoms with van der Waals surface area (Å²) < 4.78 is 0. The average molecular weight is 380 g/mol. The molecule has 0 radical (unpaired) electrons. The lowest BCUT2D eigenvalue weighted by Gasteiger charge is -2.16. The summed E-state index contributed by atoms with van der Waals surface area (Å²) in [7, 11) is 5.93. The van der Waals surface area contributed by atoms with E-state index in [1.54, 1.807) is 0 Å². The van der Waals surface area contributed by atoms with Crippen molar-refractivity contribution >= 4 is 11.6 Å². The predicted molar refractivity (Wildman–Crippen MR) is 119 cm³/mol. The van der Waals surface area contributed by atoms with E-state index >= 15 is 0 Å². The van der Waals surface area contributed by atoms with Crippen LogP contribution in [0.5, 0.6) is 0 Å². The third kappa shape index (κ3) is 5.99. The fraction of sp³-hybridized carbons (Fsp3) is 0.435. The Kier molecular flexibility index (Phi) is 7.31. The van der Waals surface area contributed by atoms with Gasteiger partial charge in [0, 0.05) is 46.5 Å². The van der Waals surface area contributed by atoms with Crippen LogP contribution in [-0.4, -0.2) is 45.1 Å². The number of guanidine groups is 1. The third-order valence-corrected chi connectivity index (χ3v) is 5.20. The van der Waals surface area contributed by atoms with Crippen LogP contribution < -0.4 is 15.5 Å². The van der Waals surface area contributed by atoms with Crippen LogP contribution in [0.2, 0.25) is 0 Å². The highest BCUT2D eigenvalue weighted by Crippen LogP contribution is 2.14. The number of nitrogens with one attached hydrogen (secondary N) is 2. The van der Waals surface area contributed by atoms with Gasteiger partial charge in [-0.1, -0.05) is 36.4 Å². The molecule has 0 aliphatic carbocycles. The Morgan fingerprint density at radius 1 is 0.929 bits per heavy atom. The van der Waals surface area contributed by atoms with E-state index in [2.05, 4.69) is 88.1 Å². The summed E-state index contributed by atoms with van der Waals surface area (Å²) in [5, 5.41) is 6.80.